The molecule has 1 atom stereocenters. The Balaban J connectivity index is 1.48. The molecule has 0 aliphatic carbocycles. The third-order valence-corrected chi connectivity index (χ3v) is 4.10. The highest BCUT2D eigenvalue weighted by Gasteiger charge is 2.22. The lowest BCUT2D eigenvalue weighted by Gasteiger charge is -2.34. The standard InChI is InChI=1S/C17H23N5O/c1-14-7-11-22(20-14)12-8-17(23)19-15-5-4-10-21(13-15)16-6-2-3-9-18-16/h2-3,6-7,9,11,15H,4-5,8,10,12-13H2,1H3,(H,19,23)/t15-/m0/s1. The smallest absolute Gasteiger partial charge is 0.222 e. The van der Waals surface area contributed by atoms with Crippen molar-refractivity contribution < 1.29 is 4.79 Å². The number of anilines is 1. The van der Waals surface area contributed by atoms with Crippen LogP contribution < -0.4 is 10.2 Å². The number of amides is 1. The van der Waals surface area contributed by atoms with Crippen LogP contribution in [0.5, 0.6) is 0 Å². The molecule has 23 heavy (non-hydrogen) atoms. The molecular weight excluding hydrogens is 290 g/mol. The summed E-state index contributed by atoms with van der Waals surface area (Å²) in [5.74, 6) is 1.07. The first-order valence-corrected chi connectivity index (χ1v) is 8.16. The molecule has 3 heterocycles. The highest BCUT2D eigenvalue weighted by atomic mass is 16.1. The molecule has 3 rings (SSSR count). The van der Waals surface area contributed by atoms with Gasteiger partial charge in [-0.3, -0.25) is 9.48 Å². The summed E-state index contributed by atoms with van der Waals surface area (Å²) in [6, 6.07) is 8.08. The molecule has 0 spiro atoms. The lowest BCUT2D eigenvalue weighted by molar-refractivity contribution is -0.122. The number of aromatic nitrogens is 3. The third kappa shape index (κ3) is 4.31. The average molecular weight is 313 g/mol. The maximum Gasteiger partial charge on any atom is 0.222 e. The van der Waals surface area contributed by atoms with E-state index in [-0.39, 0.29) is 11.9 Å². The number of nitrogens with zero attached hydrogens (tertiary/aromatic N) is 4. The van der Waals surface area contributed by atoms with E-state index in [4.69, 9.17) is 0 Å². The number of aryl methyl sites for hydroxylation is 2. The van der Waals surface area contributed by atoms with E-state index in [0.29, 0.717) is 13.0 Å². The number of carbonyl (C=O) groups is 1. The van der Waals surface area contributed by atoms with E-state index in [1.807, 2.05) is 48.3 Å². The second-order valence-corrected chi connectivity index (χ2v) is 6.01. The lowest BCUT2D eigenvalue weighted by atomic mass is 10.1. The third-order valence-electron chi connectivity index (χ3n) is 4.10. The first-order valence-electron chi connectivity index (χ1n) is 8.16. The molecule has 1 aliphatic rings. The first-order chi connectivity index (χ1) is 11.2. The van der Waals surface area contributed by atoms with Crippen molar-refractivity contribution in [3.8, 4) is 0 Å². The molecule has 2 aromatic heterocycles. The number of nitrogens with one attached hydrogen (secondary N) is 1. The maximum absolute atomic E-state index is 12.1. The van der Waals surface area contributed by atoms with Gasteiger partial charge in [-0.15, -0.1) is 0 Å². The van der Waals surface area contributed by atoms with E-state index in [1.54, 1.807) is 0 Å². The highest BCUT2D eigenvalue weighted by molar-refractivity contribution is 5.76. The van der Waals surface area contributed by atoms with Gasteiger partial charge in [0.2, 0.25) is 5.91 Å². The summed E-state index contributed by atoms with van der Waals surface area (Å²) < 4.78 is 1.82. The van der Waals surface area contributed by atoms with Crippen molar-refractivity contribution in [2.45, 2.75) is 38.8 Å². The fourth-order valence-corrected chi connectivity index (χ4v) is 2.95. The Hall–Kier alpha value is -2.37. The van der Waals surface area contributed by atoms with Crippen LogP contribution in [-0.4, -0.2) is 39.8 Å². The Morgan fingerprint density at radius 1 is 1.39 bits per heavy atom. The molecule has 0 aromatic carbocycles. The second-order valence-electron chi connectivity index (χ2n) is 6.01. The van der Waals surface area contributed by atoms with Crippen LogP contribution in [0.2, 0.25) is 0 Å². The summed E-state index contributed by atoms with van der Waals surface area (Å²) in [5.41, 5.74) is 0.976. The van der Waals surface area contributed by atoms with Gasteiger partial charge in [-0.25, -0.2) is 4.98 Å². The molecule has 0 bridgehead atoms. The van der Waals surface area contributed by atoms with Gasteiger partial charge in [-0.05, 0) is 38.0 Å². The average Bonchev–Trinajstić information content (AvgIpc) is 3.00. The summed E-state index contributed by atoms with van der Waals surface area (Å²) >= 11 is 0. The second kappa shape index (κ2) is 7.26. The van der Waals surface area contributed by atoms with E-state index in [9.17, 15) is 4.79 Å². The largest absolute Gasteiger partial charge is 0.355 e. The Labute approximate surface area is 136 Å². The number of carbonyl (C=O) groups excluding carboxylic acids is 1. The minimum atomic E-state index is 0.0889. The van der Waals surface area contributed by atoms with Gasteiger partial charge in [-0.2, -0.15) is 5.10 Å². The van der Waals surface area contributed by atoms with Gasteiger partial charge in [0.15, 0.2) is 0 Å². The van der Waals surface area contributed by atoms with Gasteiger partial charge in [0.05, 0.1) is 5.69 Å². The predicted molar refractivity (Wildman–Crippen MR) is 89.2 cm³/mol. The van der Waals surface area contributed by atoms with E-state index >= 15 is 0 Å². The fraction of sp³-hybridized carbons (Fsp3) is 0.471. The summed E-state index contributed by atoms with van der Waals surface area (Å²) in [5, 5.41) is 7.45. The summed E-state index contributed by atoms with van der Waals surface area (Å²) in [7, 11) is 0. The van der Waals surface area contributed by atoms with Gasteiger partial charge in [-0.1, -0.05) is 6.07 Å². The monoisotopic (exact) mass is 313 g/mol. The van der Waals surface area contributed by atoms with E-state index in [0.717, 1.165) is 37.4 Å². The van der Waals surface area contributed by atoms with Crippen molar-refractivity contribution in [2.24, 2.45) is 0 Å². The Morgan fingerprint density at radius 2 is 2.30 bits per heavy atom. The van der Waals surface area contributed by atoms with E-state index in [2.05, 4.69) is 20.3 Å². The molecule has 1 amide bonds. The van der Waals surface area contributed by atoms with Crippen molar-refractivity contribution in [1.82, 2.24) is 20.1 Å². The van der Waals surface area contributed by atoms with Crippen LogP contribution in [0, 0.1) is 6.92 Å². The number of rotatable bonds is 5. The molecule has 1 fully saturated rings. The normalized spacial score (nSPS) is 18.0. The quantitative estimate of drug-likeness (QED) is 0.913. The van der Waals surface area contributed by atoms with Crippen molar-refractivity contribution in [1.29, 1.82) is 0 Å². The molecule has 1 aliphatic heterocycles. The van der Waals surface area contributed by atoms with Crippen LogP contribution >= 0.6 is 0 Å². The molecule has 0 unspecified atom stereocenters. The Kier molecular flexibility index (Phi) is 4.90. The van der Waals surface area contributed by atoms with Crippen LogP contribution in [0.3, 0.4) is 0 Å². The number of pyridine rings is 1. The van der Waals surface area contributed by atoms with Crippen LogP contribution in [-0.2, 0) is 11.3 Å². The first kappa shape index (κ1) is 15.5. The van der Waals surface area contributed by atoms with Crippen molar-refractivity contribution in [3.05, 3.63) is 42.4 Å². The Morgan fingerprint density at radius 3 is 3.04 bits per heavy atom. The number of piperidine rings is 1. The number of hydrogen-bond acceptors (Lipinski definition) is 4. The van der Waals surface area contributed by atoms with E-state index < -0.39 is 0 Å². The Bertz CT molecular complexity index is 639. The SMILES string of the molecule is Cc1ccn(CCC(=O)N[C@H]2CCCN(c3ccccn3)C2)n1. The summed E-state index contributed by atoms with van der Waals surface area (Å²) in [6.07, 6.45) is 6.27. The molecule has 0 saturated carbocycles. The highest BCUT2D eigenvalue weighted by Crippen LogP contribution is 2.17. The summed E-state index contributed by atoms with van der Waals surface area (Å²) in [4.78, 5) is 18.8. The minimum Gasteiger partial charge on any atom is -0.355 e. The predicted octanol–water partition coefficient (Wildman–Crippen LogP) is 1.76. The van der Waals surface area contributed by atoms with Gasteiger partial charge in [0.25, 0.3) is 0 Å². The van der Waals surface area contributed by atoms with Gasteiger partial charge in [0.1, 0.15) is 5.82 Å². The number of hydrogen-bond donors (Lipinski definition) is 1. The van der Waals surface area contributed by atoms with Gasteiger partial charge in [0, 0.05) is 44.5 Å². The van der Waals surface area contributed by atoms with Gasteiger partial charge >= 0.3 is 0 Å². The van der Waals surface area contributed by atoms with Crippen molar-refractivity contribution >= 4 is 11.7 Å². The van der Waals surface area contributed by atoms with Crippen molar-refractivity contribution in [2.75, 3.05) is 18.0 Å². The lowest BCUT2D eigenvalue weighted by Crippen LogP contribution is -2.48. The topological polar surface area (TPSA) is 63.1 Å². The summed E-state index contributed by atoms with van der Waals surface area (Å²) in [6.45, 7) is 4.39. The zero-order valence-corrected chi connectivity index (χ0v) is 13.5. The molecule has 2 aromatic rings. The molecule has 1 saturated heterocycles. The van der Waals surface area contributed by atoms with Crippen LogP contribution in [0.15, 0.2) is 36.7 Å². The van der Waals surface area contributed by atoms with Crippen molar-refractivity contribution in [3.63, 3.8) is 0 Å². The zero-order chi connectivity index (χ0) is 16.1. The molecule has 122 valence electrons. The van der Waals surface area contributed by atoms with Gasteiger partial charge < -0.3 is 10.2 Å². The van der Waals surface area contributed by atoms with E-state index in [1.165, 1.54) is 0 Å². The van der Waals surface area contributed by atoms with Crippen LogP contribution in [0.4, 0.5) is 5.82 Å². The van der Waals surface area contributed by atoms with Crippen LogP contribution in [0.1, 0.15) is 25.0 Å². The minimum absolute atomic E-state index is 0.0889. The maximum atomic E-state index is 12.1. The van der Waals surface area contributed by atoms with Crippen LogP contribution in [0.25, 0.3) is 0 Å². The molecular formula is C17H23N5O. The fourth-order valence-electron chi connectivity index (χ4n) is 2.95. The molecule has 6 nitrogen and oxygen atoms in total. The molecule has 6 heteroatoms. The molecule has 1 N–H and O–H groups in total. The molecule has 0 radical (unpaired) electrons. The zero-order valence-electron chi connectivity index (χ0n) is 13.5.